The number of hydrogen-bond donors (Lipinski definition) is 3. The monoisotopic (exact) mass is 369 g/mol. The van der Waals surface area contributed by atoms with Crippen molar-refractivity contribution in [3.8, 4) is 0 Å². The molecular weight excluding hydrogens is 350 g/mol. The molecule has 1 heterocycles. The molecule has 2 aromatic carbocycles. The average molecular weight is 370 g/mol. The average Bonchev–Trinajstić information content (AvgIpc) is 2.66. The quantitative estimate of drug-likeness (QED) is 0.645. The van der Waals surface area contributed by atoms with Gasteiger partial charge in [0.15, 0.2) is 0 Å². The number of H-pyrrole nitrogens is 1. The van der Waals surface area contributed by atoms with Gasteiger partial charge in [-0.2, -0.15) is 0 Å². The SMILES string of the molecule is CN[C@H](C)c1cccc(CNC(=O)c2c[nH]c3ccc(Cl)cc3c2=O)c1. The maximum Gasteiger partial charge on any atom is 0.257 e. The first-order valence-corrected chi connectivity index (χ1v) is 8.72. The smallest absolute Gasteiger partial charge is 0.257 e. The van der Waals surface area contributed by atoms with Gasteiger partial charge in [-0.25, -0.2) is 0 Å². The van der Waals surface area contributed by atoms with Gasteiger partial charge in [-0.05, 0) is 43.3 Å². The molecule has 3 rings (SSSR count). The highest BCUT2D eigenvalue weighted by atomic mass is 35.5. The van der Waals surface area contributed by atoms with Gasteiger partial charge in [-0.1, -0.05) is 35.9 Å². The first-order chi connectivity index (χ1) is 12.5. The number of hydrogen-bond acceptors (Lipinski definition) is 3. The van der Waals surface area contributed by atoms with Crippen LogP contribution in [0.4, 0.5) is 0 Å². The van der Waals surface area contributed by atoms with Crippen molar-refractivity contribution in [1.82, 2.24) is 15.6 Å². The highest BCUT2D eigenvalue weighted by molar-refractivity contribution is 6.31. The van der Waals surface area contributed by atoms with E-state index in [9.17, 15) is 9.59 Å². The molecule has 0 saturated heterocycles. The van der Waals surface area contributed by atoms with Gasteiger partial charge in [0.1, 0.15) is 5.56 Å². The van der Waals surface area contributed by atoms with Crippen molar-refractivity contribution in [2.24, 2.45) is 0 Å². The Bertz CT molecular complexity index is 1010. The fourth-order valence-corrected chi connectivity index (χ4v) is 2.95. The molecule has 0 radical (unpaired) electrons. The molecule has 0 aliphatic heterocycles. The largest absolute Gasteiger partial charge is 0.360 e. The Morgan fingerprint density at radius 1 is 1.23 bits per heavy atom. The molecule has 0 unspecified atom stereocenters. The summed E-state index contributed by atoms with van der Waals surface area (Å²) in [6.45, 7) is 2.41. The molecule has 0 fully saturated rings. The number of pyridine rings is 1. The lowest BCUT2D eigenvalue weighted by atomic mass is 10.1. The number of halogens is 1. The van der Waals surface area contributed by atoms with Gasteiger partial charge in [-0.15, -0.1) is 0 Å². The normalized spacial score (nSPS) is 12.1. The lowest BCUT2D eigenvalue weighted by molar-refractivity contribution is 0.0949. The van der Waals surface area contributed by atoms with Crippen molar-refractivity contribution in [3.05, 3.63) is 80.6 Å². The molecule has 0 saturated carbocycles. The van der Waals surface area contributed by atoms with Crippen molar-refractivity contribution in [1.29, 1.82) is 0 Å². The van der Waals surface area contributed by atoms with Crippen LogP contribution in [0, 0.1) is 0 Å². The maximum absolute atomic E-state index is 12.6. The first kappa shape index (κ1) is 18.2. The van der Waals surface area contributed by atoms with Crippen LogP contribution in [0.2, 0.25) is 5.02 Å². The Labute approximate surface area is 156 Å². The van der Waals surface area contributed by atoms with E-state index in [1.54, 1.807) is 18.2 Å². The second-order valence-corrected chi connectivity index (χ2v) is 6.60. The fourth-order valence-electron chi connectivity index (χ4n) is 2.78. The van der Waals surface area contributed by atoms with Gasteiger partial charge in [-0.3, -0.25) is 9.59 Å². The maximum atomic E-state index is 12.6. The summed E-state index contributed by atoms with van der Waals surface area (Å²) in [6, 6.07) is 13.2. The first-order valence-electron chi connectivity index (χ1n) is 8.35. The zero-order chi connectivity index (χ0) is 18.7. The van der Waals surface area contributed by atoms with Crippen LogP contribution in [0.1, 0.15) is 34.5 Å². The second-order valence-electron chi connectivity index (χ2n) is 6.16. The van der Waals surface area contributed by atoms with E-state index in [0.717, 1.165) is 11.1 Å². The minimum Gasteiger partial charge on any atom is -0.360 e. The van der Waals surface area contributed by atoms with Gasteiger partial charge in [0, 0.05) is 34.7 Å². The van der Waals surface area contributed by atoms with E-state index in [1.807, 2.05) is 31.3 Å². The third-order valence-corrected chi connectivity index (χ3v) is 4.66. The van der Waals surface area contributed by atoms with Crippen LogP contribution >= 0.6 is 11.6 Å². The zero-order valence-electron chi connectivity index (χ0n) is 14.6. The van der Waals surface area contributed by atoms with Crippen LogP contribution in [0.5, 0.6) is 0 Å². The van der Waals surface area contributed by atoms with E-state index < -0.39 is 5.91 Å². The lowest BCUT2D eigenvalue weighted by Crippen LogP contribution is -2.28. The third-order valence-electron chi connectivity index (χ3n) is 4.42. The summed E-state index contributed by atoms with van der Waals surface area (Å²) in [5.74, 6) is -0.416. The number of amides is 1. The number of nitrogens with one attached hydrogen (secondary N) is 3. The van der Waals surface area contributed by atoms with Crippen molar-refractivity contribution >= 4 is 28.4 Å². The summed E-state index contributed by atoms with van der Waals surface area (Å²) in [5.41, 5.74) is 2.48. The molecule has 3 aromatic rings. The Balaban J connectivity index is 1.80. The summed E-state index contributed by atoms with van der Waals surface area (Å²) in [5, 5.41) is 6.84. The topological polar surface area (TPSA) is 74.0 Å². The molecule has 0 bridgehead atoms. The molecular formula is C20H20ClN3O2. The van der Waals surface area contributed by atoms with Crippen molar-refractivity contribution in [2.75, 3.05) is 7.05 Å². The van der Waals surface area contributed by atoms with Crippen LogP contribution < -0.4 is 16.1 Å². The van der Waals surface area contributed by atoms with Crippen molar-refractivity contribution < 1.29 is 4.79 Å². The summed E-state index contributed by atoms with van der Waals surface area (Å²) in [7, 11) is 1.90. The molecule has 6 heteroatoms. The molecule has 0 aliphatic carbocycles. The standard InChI is InChI=1S/C20H20ClN3O2/c1-12(22-2)14-5-3-4-13(8-14)10-24-20(26)17-11-23-18-7-6-15(21)9-16(18)19(17)25/h3-9,11-12,22H,10H2,1-2H3,(H,23,25)(H,24,26)/t12-/m1/s1. The molecule has 134 valence electrons. The molecule has 1 amide bonds. The number of rotatable bonds is 5. The molecule has 3 N–H and O–H groups in total. The van der Waals surface area contributed by atoms with Gasteiger partial charge in [0.05, 0.1) is 0 Å². The van der Waals surface area contributed by atoms with E-state index in [-0.39, 0.29) is 17.0 Å². The molecule has 26 heavy (non-hydrogen) atoms. The highest BCUT2D eigenvalue weighted by Gasteiger charge is 2.13. The summed E-state index contributed by atoms with van der Waals surface area (Å²) >= 11 is 5.96. The number of aromatic nitrogens is 1. The van der Waals surface area contributed by atoms with E-state index in [1.165, 1.54) is 6.20 Å². The van der Waals surface area contributed by atoms with Crippen molar-refractivity contribution in [2.45, 2.75) is 19.5 Å². The fraction of sp³-hybridized carbons (Fsp3) is 0.200. The van der Waals surface area contributed by atoms with Gasteiger partial charge >= 0.3 is 0 Å². The van der Waals surface area contributed by atoms with E-state index in [2.05, 4.69) is 22.5 Å². The van der Waals surface area contributed by atoms with Gasteiger partial charge in [0.25, 0.3) is 5.91 Å². The summed E-state index contributed by atoms with van der Waals surface area (Å²) in [6.07, 6.45) is 1.44. The molecule has 5 nitrogen and oxygen atoms in total. The molecule has 0 aliphatic rings. The number of aromatic amines is 1. The Morgan fingerprint density at radius 2 is 2.04 bits per heavy atom. The van der Waals surface area contributed by atoms with Crippen molar-refractivity contribution in [3.63, 3.8) is 0 Å². The van der Waals surface area contributed by atoms with Crippen LogP contribution in [0.25, 0.3) is 10.9 Å². The molecule has 1 atom stereocenters. The lowest BCUT2D eigenvalue weighted by Gasteiger charge is -2.12. The number of carbonyl (C=O) groups excluding carboxylic acids is 1. The number of carbonyl (C=O) groups is 1. The van der Waals surface area contributed by atoms with Gasteiger partial charge < -0.3 is 15.6 Å². The van der Waals surface area contributed by atoms with Crippen LogP contribution in [-0.4, -0.2) is 17.9 Å². The Hall–Kier alpha value is -2.63. The zero-order valence-corrected chi connectivity index (χ0v) is 15.4. The van der Waals surface area contributed by atoms with E-state index >= 15 is 0 Å². The minimum atomic E-state index is -0.416. The highest BCUT2D eigenvalue weighted by Crippen LogP contribution is 2.16. The van der Waals surface area contributed by atoms with Crippen LogP contribution in [0.3, 0.4) is 0 Å². The molecule has 1 aromatic heterocycles. The van der Waals surface area contributed by atoms with E-state index in [4.69, 9.17) is 11.6 Å². The molecule has 0 spiro atoms. The summed E-state index contributed by atoms with van der Waals surface area (Å²) in [4.78, 5) is 28.0. The third kappa shape index (κ3) is 3.79. The van der Waals surface area contributed by atoms with Crippen LogP contribution in [0.15, 0.2) is 53.5 Å². The number of fused-ring (bicyclic) bond motifs is 1. The Kier molecular flexibility index (Phi) is 5.40. The van der Waals surface area contributed by atoms with E-state index in [0.29, 0.717) is 22.5 Å². The second kappa shape index (κ2) is 7.72. The minimum absolute atomic E-state index is 0.0690. The Morgan fingerprint density at radius 3 is 2.81 bits per heavy atom. The predicted molar refractivity (Wildman–Crippen MR) is 105 cm³/mol. The number of benzene rings is 2. The van der Waals surface area contributed by atoms with Gasteiger partial charge in [0.2, 0.25) is 5.43 Å². The summed E-state index contributed by atoms with van der Waals surface area (Å²) < 4.78 is 0. The van der Waals surface area contributed by atoms with Crippen LogP contribution in [-0.2, 0) is 6.54 Å². The predicted octanol–water partition coefficient (Wildman–Crippen LogP) is 3.39.